The summed E-state index contributed by atoms with van der Waals surface area (Å²) in [4.78, 5) is 144. The first-order chi connectivity index (χ1) is 53.1. The highest BCUT2D eigenvalue weighted by Crippen LogP contribution is 2.49. The highest BCUT2D eigenvalue weighted by Gasteiger charge is 2.44. The molecule has 111 heavy (non-hydrogen) atoms. The summed E-state index contributed by atoms with van der Waals surface area (Å²) in [5.74, 6) is -9.82. The molecular weight excluding hydrogens is 1440 g/mol. The first kappa shape index (κ1) is 83.9. The van der Waals surface area contributed by atoms with Gasteiger partial charge in [-0.05, 0) is 102 Å². The van der Waals surface area contributed by atoms with Crippen molar-refractivity contribution in [2.45, 2.75) is 146 Å². The second-order valence-electron chi connectivity index (χ2n) is 29.0. The summed E-state index contributed by atoms with van der Waals surface area (Å²) in [6.07, 6.45) is -2.74. The average molecular weight is 1540 g/mol. The molecule has 1 aliphatic carbocycles. The fourth-order valence-corrected chi connectivity index (χ4v) is 16.1. The quantitative estimate of drug-likeness (QED) is 0.00992. The summed E-state index contributed by atoms with van der Waals surface area (Å²) in [6.45, 7) is 16.0. The van der Waals surface area contributed by atoms with Gasteiger partial charge in [0, 0.05) is 24.3 Å². The molecule has 9 amide bonds. The second-order valence-corrected chi connectivity index (χ2v) is 31.3. The summed E-state index contributed by atoms with van der Waals surface area (Å²) in [7, 11) is 0. The van der Waals surface area contributed by atoms with Gasteiger partial charge >= 0.3 is 12.1 Å². The number of hydrogen-bond donors (Lipinski definition) is 10. The molecule has 1 aliphatic rings. The monoisotopic (exact) mass is 1540 g/mol. The van der Waals surface area contributed by atoms with Crippen LogP contribution in [-0.2, 0) is 62.9 Å². The van der Waals surface area contributed by atoms with E-state index in [9.17, 15) is 38.7 Å². The van der Waals surface area contributed by atoms with Gasteiger partial charge in [-0.3, -0.25) is 38.4 Å². The van der Waals surface area contributed by atoms with Gasteiger partial charge in [0.25, 0.3) is 0 Å². The van der Waals surface area contributed by atoms with E-state index in [1.165, 1.54) is 32.5 Å². The van der Waals surface area contributed by atoms with E-state index in [1.807, 2.05) is 231 Å². The smallest absolute Gasteiger partial charge is 0.407 e. The third kappa shape index (κ3) is 21.7. The Labute approximate surface area is 657 Å². The fourth-order valence-electron chi connectivity index (χ4n) is 13.7. The summed E-state index contributed by atoms with van der Waals surface area (Å²) >= 11 is 2.45. The van der Waals surface area contributed by atoms with Crippen LogP contribution in [0, 0.1) is 11.8 Å². The van der Waals surface area contributed by atoms with Crippen LogP contribution in [0.15, 0.2) is 231 Å². The number of hydrogen-bond acceptors (Lipinski definition) is 14. The van der Waals surface area contributed by atoms with Gasteiger partial charge in [0.2, 0.25) is 47.3 Å². The number of aliphatic carboxylic acids is 1. The molecule has 8 aromatic rings. The number of carboxylic acid groups (broad SMARTS) is 1. The highest BCUT2D eigenvalue weighted by atomic mass is 32.2. The van der Waals surface area contributed by atoms with Crippen molar-refractivity contribution in [1.82, 2.24) is 47.9 Å². The number of benzene rings is 8. The summed E-state index contributed by atoms with van der Waals surface area (Å²) in [5.41, 5.74) is 6.15. The molecule has 8 aromatic carbocycles. The summed E-state index contributed by atoms with van der Waals surface area (Å²) in [6, 6.07) is 61.4. The zero-order chi connectivity index (χ0) is 80.0. The Bertz CT molecular complexity index is 4260. The fraction of sp³-hybridized carbons (Fsp3) is 0.333. The van der Waals surface area contributed by atoms with E-state index in [0.717, 1.165) is 50.7 Å². The van der Waals surface area contributed by atoms with Crippen LogP contribution >= 0.6 is 23.5 Å². The molecule has 0 unspecified atom stereocenters. The third-order valence-electron chi connectivity index (χ3n) is 19.1. The van der Waals surface area contributed by atoms with Crippen LogP contribution in [0.5, 0.6) is 0 Å². The highest BCUT2D eigenvalue weighted by molar-refractivity contribution is 8.00. The molecule has 10 N–H and O–H groups in total. The van der Waals surface area contributed by atoms with E-state index in [-0.39, 0.29) is 35.8 Å². The Hall–Kier alpha value is -11.1. The second kappa shape index (κ2) is 39.0. The van der Waals surface area contributed by atoms with Crippen molar-refractivity contribution < 1.29 is 62.5 Å². The van der Waals surface area contributed by atoms with Gasteiger partial charge in [-0.15, -0.1) is 23.5 Å². The van der Waals surface area contributed by atoms with Gasteiger partial charge in [0.05, 0.1) is 28.7 Å². The minimum absolute atomic E-state index is 0.0599. The number of carbonyl (C=O) groups excluding carboxylic acids is 9. The maximum absolute atomic E-state index is 15.5. The Morgan fingerprint density at radius 2 is 0.811 bits per heavy atom. The molecule has 0 aliphatic heterocycles. The third-order valence-corrected chi connectivity index (χ3v) is 21.6. The molecule has 9 rings (SSSR count). The number of alkyl carbamates (subject to hydrolysis) is 1. The zero-order valence-corrected chi connectivity index (χ0v) is 65.6. The normalized spacial score (nSPS) is 14.2. The van der Waals surface area contributed by atoms with E-state index >= 15 is 14.4 Å². The van der Waals surface area contributed by atoms with Crippen molar-refractivity contribution in [2.24, 2.45) is 11.8 Å². The van der Waals surface area contributed by atoms with E-state index < -0.39 is 136 Å². The van der Waals surface area contributed by atoms with Crippen molar-refractivity contribution in [3.05, 3.63) is 275 Å². The topological polar surface area (TPSA) is 318 Å². The van der Waals surface area contributed by atoms with Crippen molar-refractivity contribution >= 4 is 82.8 Å². The Morgan fingerprint density at radius 3 is 1.23 bits per heavy atom. The molecule has 24 heteroatoms. The van der Waals surface area contributed by atoms with Gasteiger partial charge in [-0.1, -0.05) is 258 Å². The van der Waals surface area contributed by atoms with Crippen LogP contribution in [0.25, 0.3) is 11.1 Å². The first-order valence-corrected chi connectivity index (χ1v) is 39.2. The van der Waals surface area contributed by atoms with E-state index in [4.69, 9.17) is 9.47 Å². The predicted molar refractivity (Wildman–Crippen MR) is 432 cm³/mol. The molecule has 0 bridgehead atoms. The lowest BCUT2D eigenvalue weighted by atomic mass is 9.77. The van der Waals surface area contributed by atoms with E-state index in [0.29, 0.717) is 16.7 Å². The van der Waals surface area contributed by atoms with Gasteiger partial charge in [-0.2, -0.15) is 0 Å². The average Bonchev–Trinajstić information content (AvgIpc) is 1.71. The standard InChI is InChI=1S/C87H99N9O13S2/c1-54(2)74(81(103)89-56(5)77(99)91-72(80(102)95-76(83(105)106)57(6)109-85(8,9)10)52-111-87(62-39-23-14-24-40-62,63-41-25-15-26-42-63)64-43-27-16-28-44-64)93-78(100)70(49-73(98)96-86(59-33-17-11-18-34-59,60-35-19-12-20-36-60)61-37-21-13-22-38-61)90-82(104)75(55(3)4)94-79(101)71(51-110-53-88-58(7)97)92-84(107)108-50-69-67-47-31-29-45-65(67)66-46-30-32-48-68(66)69/h11-48,54-57,69-72,74-76H,49-53H2,1-10H3,(H,88,97)(H,89,103)(H,90,104)(H,91,99)(H,92,107)(H,93,100)(H,94,101)(H,95,102)(H,96,98)(H,105,106)/t56-,57+,70-,71-,72-,74-,75-,76-/m0/s1. The minimum Gasteiger partial charge on any atom is -0.480 e. The number of ether oxygens (including phenoxy) is 2. The number of fused-ring (bicyclic) bond motifs is 3. The number of thioether (sulfide) groups is 2. The zero-order valence-electron chi connectivity index (χ0n) is 64.0. The van der Waals surface area contributed by atoms with Gasteiger partial charge < -0.3 is 62.4 Å². The number of carbonyl (C=O) groups is 10. The van der Waals surface area contributed by atoms with E-state index in [2.05, 4.69) is 47.9 Å². The molecule has 582 valence electrons. The maximum Gasteiger partial charge on any atom is 0.407 e. The molecule has 0 aromatic heterocycles. The SMILES string of the molecule is CC(=O)NCSC[C@H](NC(=O)OCC1c2ccccc2-c2ccccc21)C(=O)N[C@H](C(=O)N[C@@H](CC(=O)NC(c1ccccc1)(c1ccccc1)c1ccccc1)C(=O)N[C@H](C(=O)N[C@@H](C)C(=O)N[C@@H](CSC(c1ccccc1)(c1ccccc1)c1ccccc1)C(=O)N[C@H](C(=O)O)[C@@H](C)OC(C)(C)C)C(C)C)C(C)C. The number of amides is 9. The van der Waals surface area contributed by atoms with Gasteiger partial charge in [0.15, 0.2) is 6.04 Å². The number of carboxylic acids is 1. The number of nitrogens with one attached hydrogen (secondary N) is 9. The minimum atomic E-state index is -1.80. The van der Waals surface area contributed by atoms with Crippen LogP contribution in [0.1, 0.15) is 126 Å². The molecule has 0 spiro atoms. The van der Waals surface area contributed by atoms with E-state index in [1.54, 1.807) is 48.5 Å². The Balaban J connectivity index is 0.997. The molecule has 0 heterocycles. The molecule has 0 saturated carbocycles. The summed E-state index contributed by atoms with van der Waals surface area (Å²) < 4.78 is 10.9. The van der Waals surface area contributed by atoms with Crippen LogP contribution in [0.4, 0.5) is 4.79 Å². The molecule has 22 nitrogen and oxygen atoms in total. The molecule has 0 saturated heterocycles. The van der Waals surface area contributed by atoms with Crippen LogP contribution in [0.3, 0.4) is 0 Å². The first-order valence-electron chi connectivity index (χ1n) is 37.1. The number of rotatable bonds is 36. The van der Waals surface area contributed by atoms with Crippen molar-refractivity contribution in [3.8, 4) is 11.1 Å². The Kier molecular flexibility index (Phi) is 29.5. The molecular formula is C87H99N9O13S2. The molecule has 0 radical (unpaired) electrons. The molecule has 8 atom stereocenters. The molecule has 0 fully saturated rings. The lowest BCUT2D eigenvalue weighted by molar-refractivity contribution is -0.150. The lowest BCUT2D eigenvalue weighted by Gasteiger charge is -2.37. The van der Waals surface area contributed by atoms with Gasteiger partial charge in [0.1, 0.15) is 48.4 Å². The largest absolute Gasteiger partial charge is 0.480 e. The Morgan fingerprint density at radius 1 is 0.432 bits per heavy atom. The van der Waals surface area contributed by atoms with Crippen molar-refractivity contribution in [1.29, 1.82) is 0 Å². The lowest BCUT2D eigenvalue weighted by Crippen LogP contribution is -2.62. The van der Waals surface area contributed by atoms with Crippen molar-refractivity contribution in [2.75, 3.05) is 24.0 Å². The van der Waals surface area contributed by atoms with Gasteiger partial charge in [-0.25, -0.2) is 9.59 Å². The van der Waals surface area contributed by atoms with Crippen LogP contribution < -0.4 is 47.9 Å². The van der Waals surface area contributed by atoms with Crippen molar-refractivity contribution in [3.63, 3.8) is 0 Å². The predicted octanol–water partition coefficient (Wildman–Crippen LogP) is 10.5. The summed E-state index contributed by atoms with van der Waals surface area (Å²) in [5, 5.41) is 35.6. The maximum atomic E-state index is 15.5. The van der Waals surface area contributed by atoms with Crippen LogP contribution in [-0.4, -0.2) is 142 Å². The van der Waals surface area contributed by atoms with Crippen LogP contribution in [0.2, 0.25) is 0 Å².